The van der Waals surface area contributed by atoms with Gasteiger partial charge in [-0.3, -0.25) is 0 Å². The average molecular weight is 237 g/mol. The summed E-state index contributed by atoms with van der Waals surface area (Å²) in [6.07, 6.45) is 2.64. The monoisotopic (exact) mass is 236 g/mol. The number of hydrogen-bond acceptors (Lipinski definition) is 0. The smallest absolute Gasteiger partial charge is 0.0438 e. The molecule has 1 aromatic carbocycles. The largest absolute Gasteiger partial charge is 0.0840 e. The molecule has 0 amide bonds. The van der Waals surface area contributed by atoms with Crippen molar-refractivity contribution in [2.45, 2.75) is 46.5 Å². The van der Waals surface area contributed by atoms with Crippen LogP contribution in [0.4, 0.5) is 0 Å². The fourth-order valence-electron chi connectivity index (χ4n) is 2.46. The Morgan fingerprint density at radius 2 is 1.81 bits per heavy atom. The molecule has 88 valence electrons. The Bertz CT molecular complexity index is 381. The van der Waals surface area contributed by atoms with Gasteiger partial charge in [0, 0.05) is 5.02 Å². The van der Waals surface area contributed by atoms with Gasteiger partial charge in [0.2, 0.25) is 0 Å². The molecule has 0 atom stereocenters. The molecular formula is C15H21Cl. The Balaban J connectivity index is 2.04. The van der Waals surface area contributed by atoms with Crippen molar-refractivity contribution >= 4 is 11.6 Å². The van der Waals surface area contributed by atoms with Crippen LogP contribution in [0.2, 0.25) is 5.02 Å². The van der Waals surface area contributed by atoms with E-state index in [1.807, 2.05) is 0 Å². The van der Waals surface area contributed by atoms with E-state index in [1.165, 1.54) is 24.0 Å². The third kappa shape index (κ3) is 2.27. The lowest BCUT2D eigenvalue weighted by Crippen LogP contribution is -2.32. The summed E-state index contributed by atoms with van der Waals surface area (Å²) in [6, 6.07) is 6.53. The van der Waals surface area contributed by atoms with Crippen LogP contribution < -0.4 is 0 Å². The zero-order valence-electron chi connectivity index (χ0n) is 10.7. The lowest BCUT2D eigenvalue weighted by atomic mass is 9.61. The summed E-state index contributed by atoms with van der Waals surface area (Å²) >= 11 is 6.17. The molecule has 0 spiro atoms. The Hall–Kier alpha value is -0.490. The molecule has 2 rings (SSSR count). The summed E-state index contributed by atoms with van der Waals surface area (Å²) in [6.45, 7) is 9.09. The fourth-order valence-corrected chi connectivity index (χ4v) is 2.65. The Morgan fingerprint density at radius 3 is 2.31 bits per heavy atom. The maximum Gasteiger partial charge on any atom is 0.0438 e. The first-order valence-corrected chi connectivity index (χ1v) is 6.52. The lowest BCUT2D eigenvalue weighted by molar-refractivity contribution is 0.115. The predicted octanol–water partition coefficient (Wildman–Crippen LogP) is 5.19. The van der Waals surface area contributed by atoms with Crippen LogP contribution in [0.25, 0.3) is 0 Å². The number of halogens is 1. The maximum absolute atomic E-state index is 6.17. The molecule has 0 aliphatic heterocycles. The third-order valence-electron chi connectivity index (χ3n) is 4.03. The van der Waals surface area contributed by atoms with Gasteiger partial charge in [0.05, 0.1) is 0 Å². The van der Waals surface area contributed by atoms with Crippen LogP contribution in [0.1, 0.15) is 50.7 Å². The molecule has 0 bridgehead atoms. The van der Waals surface area contributed by atoms with Crippen LogP contribution in [0.15, 0.2) is 18.2 Å². The van der Waals surface area contributed by atoms with E-state index in [0.29, 0.717) is 5.41 Å². The predicted molar refractivity (Wildman–Crippen MR) is 71.1 cm³/mol. The topological polar surface area (TPSA) is 0 Å². The van der Waals surface area contributed by atoms with E-state index in [1.54, 1.807) is 0 Å². The molecule has 0 nitrogen and oxygen atoms in total. The first kappa shape index (κ1) is 12.0. The summed E-state index contributed by atoms with van der Waals surface area (Å²) in [5, 5.41) is 0.914. The fraction of sp³-hybridized carbons (Fsp3) is 0.600. The van der Waals surface area contributed by atoms with E-state index >= 15 is 0 Å². The Morgan fingerprint density at radius 1 is 1.19 bits per heavy atom. The van der Waals surface area contributed by atoms with E-state index in [-0.39, 0.29) is 0 Å². The first-order chi connectivity index (χ1) is 7.38. The van der Waals surface area contributed by atoms with Crippen LogP contribution in [-0.2, 0) is 0 Å². The summed E-state index contributed by atoms with van der Waals surface area (Å²) < 4.78 is 0. The van der Waals surface area contributed by atoms with Crippen LogP contribution in [0.3, 0.4) is 0 Å². The van der Waals surface area contributed by atoms with E-state index in [0.717, 1.165) is 16.9 Å². The first-order valence-electron chi connectivity index (χ1n) is 6.14. The van der Waals surface area contributed by atoms with Gasteiger partial charge >= 0.3 is 0 Å². The van der Waals surface area contributed by atoms with Gasteiger partial charge < -0.3 is 0 Å². The van der Waals surface area contributed by atoms with Crippen molar-refractivity contribution in [1.29, 1.82) is 0 Å². The van der Waals surface area contributed by atoms with Gasteiger partial charge in [-0.2, -0.15) is 0 Å². The van der Waals surface area contributed by atoms with E-state index < -0.39 is 0 Å². The van der Waals surface area contributed by atoms with E-state index in [9.17, 15) is 0 Å². The van der Waals surface area contributed by atoms with Crippen LogP contribution >= 0.6 is 11.6 Å². The van der Waals surface area contributed by atoms with Gasteiger partial charge in [0.1, 0.15) is 0 Å². The molecule has 1 heteroatoms. The summed E-state index contributed by atoms with van der Waals surface area (Å²) in [5.74, 6) is 1.61. The lowest BCUT2D eigenvalue weighted by Gasteiger charge is -2.44. The molecule has 0 N–H and O–H groups in total. The molecule has 16 heavy (non-hydrogen) atoms. The summed E-state index contributed by atoms with van der Waals surface area (Å²) in [7, 11) is 0. The highest BCUT2D eigenvalue weighted by molar-refractivity contribution is 6.31. The molecule has 0 heterocycles. The van der Waals surface area contributed by atoms with E-state index in [4.69, 9.17) is 11.6 Å². The molecular weight excluding hydrogens is 216 g/mol. The number of hydrogen-bond donors (Lipinski definition) is 0. The van der Waals surface area contributed by atoms with Crippen molar-refractivity contribution in [3.63, 3.8) is 0 Å². The van der Waals surface area contributed by atoms with Gasteiger partial charge in [0.25, 0.3) is 0 Å². The minimum absolute atomic E-state index is 0.463. The van der Waals surface area contributed by atoms with Crippen molar-refractivity contribution in [3.05, 3.63) is 34.3 Å². The van der Waals surface area contributed by atoms with Crippen LogP contribution in [0.5, 0.6) is 0 Å². The second kappa shape index (κ2) is 4.07. The van der Waals surface area contributed by atoms with Crippen molar-refractivity contribution in [2.75, 3.05) is 0 Å². The Kier molecular flexibility index (Phi) is 3.05. The van der Waals surface area contributed by atoms with Crippen molar-refractivity contribution < 1.29 is 0 Å². The maximum atomic E-state index is 6.17. The minimum atomic E-state index is 0.463. The molecule has 1 aliphatic rings. The normalized spacial score (nSPS) is 25.3. The highest BCUT2D eigenvalue weighted by Crippen LogP contribution is 2.50. The highest BCUT2D eigenvalue weighted by atomic mass is 35.5. The zero-order chi connectivity index (χ0) is 11.9. The molecule has 0 aromatic heterocycles. The van der Waals surface area contributed by atoms with Crippen molar-refractivity contribution in [2.24, 2.45) is 11.3 Å². The van der Waals surface area contributed by atoms with Gasteiger partial charge in [0.15, 0.2) is 0 Å². The Labute approximate surface area is 104 Å². The molecule has 1 fully saturated rings. The molecule has 0 unspecified atom stereocenters. The second-order valence-electron chi connectivity index (χ2n) is 6.24. The molecule has 1 aliphatic carbocycles. The molecule has 1 saturated carbocycles. The molecule has 0 radical (unpaired) electrons. The molecule has 1 aromatic rings. The minimum Gasteiger partial charge on any atom is -0.0840 e. The van der Waals surface area contributed by atoms with Gasteiger partial charge in [-0.15, -0.1) is 0 Å². The molecule has 0 saturated heterocycles. The van der Waals surface area contributed by atoms with Gasteiger partial charge in [-0.1, -0.05) is 44.5 Å². The van der Waals surface area contributed by atoms with E-state index in [2.05, 4.69) is 45.9 Å². The SMILES string of the molecule is Cc1ccc(C2CC(C(C)(C)C)C2)cc1Cl. The van der Waals surface area contributed by atoms with Crippen LogP contribution in [0, 0.1) is 18.3 Å². The second-order valence-corrected chi connectivity index (χ2v) is 6.65. The zero-order valence-corrected chi connectivity index (χ0v) is 11.4. The number of aryl methyl sites for hydroxylation is 1. The number of benzene rings is 1. The summed E-state index contributed by atoms with van der Waals surface area (Å²) in [5.41, 5.74) is 3.07. The van der Waals surface area contributed by atoms with Crippen LogP contribution in [-0.4, -0.2) is 0 Å². The highest BCUT2D eigenvalue weighted by Gasteiger charge is 2.37. The van der Waals surface area contributed by atoms with Gasteiger partial charge in [-0.25, -0.2) is 0 Å². The average Bonchev–Trinajstić information content (AvgIpc) is 2.06. The summed E-state index contributed by atoms with van der Waals surface area (Å²) in [4.78, 5) is 0. The standard InChI is InChI=1S/C15H21Cl/c1-10-5-6-11(9-14(10)16)12-7-13(8-12)15(2,3)4/h5-6,9,12-13H,7-8H2,1-4H3. The van der Waals surface area contributed by atoms with Gasteiger partial charge in [-0.05, 0) is 54.2 Å². The third-order valence-corrected chi connectivity index (χ3v) is 4.44. The van der Waals surface area contributed by atoms with Crippen molar-refractivity contribution in [1.82, 2.24) is 0 Å². The quantitative estimate of drug-likeness (QED) is 0.630. The van der Waals surface area contributed by atoms with Crippen molar-refractivity contribution in [3.8, 4) is 0 Å². The number of rotatable bonds is 1.